The van der Waals surface area contributed by atoms with Crippen molar-refractivity contribution < 1.29 is 13.2 Å². The van der Waals surface area contributed by atoms with Gasteiger partial charge in [0.1, 0.15) is 0 Å². The maximum atomic E-state index is 13.1. The lowest BCUT2D eigenvalue weighted by Crippen LogP contribution is -2.38. The van der Waals surface area contributed by atoms with Crippen molar-refractivity contribution in [3.63, 3.8) is 0 Å². The number of thiazole rings is 1. The number of hydrogen-bond donors (Lipinski definition) is 1. The Balaban J connectivity index is 1.24. The first-order valence-corrected chi connectivity index (χ1v) is 13.9. The van der Waals surface area contributed by atoms with Crippen LogP contribution >= 0.6 is 22.7 Å². The molecule has 2 aromatic carbocycles. The van der Waals surface area contributed by atoms with Crippen molar-refractivity contribution in [3.8, 4) is 0 Å². The second kappa shape index (κ2) is 9.34. The van der Waals surface area contributed by atoms with E-state index in [0.29, 0.717) is 24.6 Å². The van der Waals surface area contributed by atoms with Crippen LogP contribution in [0.3, 0.4) is 0 Å². The fraction of sp³-hybridized carbons (Fsp3) is 0.250. The molecule has 2 aromatic heterocycles. The molecule has 0 radical (unpaired) electrons. The van der Waals surface area contributed by atoms with Gasteiger partial charge in [-0.3, -0.25) is 4.79 Å². The number of aromatic nitrogens is 1. The van der Waals surface area contributed by atoms with E-state index in [0.717, 1.165) is 28.2 Å². The summed E-state index contributed by atoms with van der Waals surface area (Å²) >= 11 is 3.22. The van der Waals surface area contributed by atoms with Gasteiger partial charge < -0.3 is 4.90 Å². The van der Waals surface area contributed by atoms with Gasteiger partial charge in [0.05, 0.1) is 20.1 Å². The van der Waals surface area contributed by atoms with Crippen molar-refractivity contribution >= 4 is 48.8 Å². The predicted molar refractivity (Wildman–Crippen MR) is 132 cm³/mol. The van der Waals surface area contributed by atoms with Gasteiger partial charge in [-0.15, -0.1) is 22.7 Å². The van der Waals surface area contributed by atoms with Crippen LogP contribution in [0.2, 0.25) is 0 Å². The molecule has 1 amide bonds. The summed E-state index contributed by atoms with van der Waals surface area (Å²) in [5.74, 6) is 0.215. The van der Waals surface area contributed by atoms with Crippen LogP contribution in [0, 0.1) is 0 Å². The molecule has 1 fully saturated rings. The van der Waals surface area contributed by atoms with Crippen molar-refractivity contribution in [1.29, 1.82) is 0 Å². The minimum absolute atomic E-state index is 0.106. The van der Waals surface area contributed by atoms with Crippen LogP contribution in [0.15, 0.2) is 70.9 Å². The number of amides is 1. The van der Waals surface area contributed by atoms with Gasteiger partial charge in [-0.1, -0.05) is 24.3 Å². The molecule has 0 spiro atoms. The second-order valence-electron chi connectivity index (χ2n) is 8.02. The molecule has 6 nitrogen and oxygen atoms in total. The highest BCUT2D eigenvalue weighted by Gasteiger charge is 2.27. The van der Waals surface area contributed by atoms with Gasteiger partial charge in [-0.2, -0.15) is 0 Å². The van der Waals surface area contributed by atoms with E-state index in [1.54, 1.807) is 23.5 Å². The zero-order valence-electron chi connectivity index (χ0n) is 17.8. The SMILES string of the molecule is O=C(c1cccc(S(=O)(=O)NCc2cccs2)c1)N1CCC(c2nc3ccccc3s2)CC1. The summed E-state index contributed by atoms with van der Waals surface area (Å²) in [5, 5.41) is 3.04. The minimum atomic E-state index is -3.70. The van der Waals surface area contributed by atoms with Gasteiger partial charge in [0.2, 0.25) is 10.0 Å². The number of rotatable bonds is 6. The normalized spacial score (nSPS) is 15.2. The Morgan fingerprint density at radius 3 is 2.64 bits per heavy atom. The average Bonchev–Trinajstić information content (AvgIpc) is 3.52. The third-order valence-electron chi connectivity index (χ3n) is 5.85. The number of hydrogen-bond acceptors (Lipinski definition) is 6. The Morgan fingerprint density at radius 2 is 1.88 bits per heavy atom. The van der Waals surface area contributed by atoms with E-state index in [2.05, 4.69) is 10.8 Å². The summed E-state index contributed by atoms with van der Waals surface area (Å²) in [5.41, 5.74) is 1.43. The molecule has 0 aliphatic carbocycles. The van der Waals surface area contributed by atoms with Crippen LogP contribution in [-0.2, 0) is 16.6 Å². The highest BCUT2D eigenvalue weighted by molar-refractivity contribution is 7.89. The van der Waals surface area contributed by atoms with Gasteiger partial charge >= 0.3 is 0 Å². The molecular formula is C24H23N3O3S3. The van der Waals surface area contributed by atoms with E-state index in [1.165, 1.54) is 28.2 Å². The highest BCUT2D eigenvalue weighted by atomic mass is 32.2. The first kappa shape index (κ1) is 22.2. The lowest BCUT2D eigenvalue weighted by molar-refractivity contribution is 0.0712. The van der Waals surface area contributed by atoms with Crippen LogP contribution in [0.25, 0.3) is 10.2 Å². The molecule has 1 aliphatic heterocycles. The van der Waals surface area contributed by atoms with Gasteiger partial charge in [0.15, 0.2) is 0 Å². The molecule has 5 rings (SSSR count). The van der Waals surface area contributed by atoms with E-state index >= 15 is 0 Å². The van der Waals surface area contributed by atoms with Crippen molar-refractivity contribution in [2.45, 2.75) is 30.2 Å². The van der Waals surface area contributed by atoms with Crippen LogP contribution in [0.1, 0.15) is 39.0 Å². The monoisotopic (exact) mass is 497 g/mol. The summed E-state index contributed by atoms with van der Waals surface area (Å²) in [6.45, 7) is 1.50. The number of para-hydroxylation sites is 1. The number of carbonyl (C=O) groups excluding carboxylic acids is 1. The molecule has 0 atom stereocenters. The molecule has 0 bridgehead atoms. The van der Waals surface area contributed by atoms with Crippen molar-refractivity contribution in [2.75, 3.05) is 13.1 Å². The number of nitrogens with zero attached hydrogens (tertiary/aromatic N) is 2. The number of likely N-dealkylation sites (tertiary alicyclic amines) is 1. The number of thiophene rings is 1. The van der Waals surface area contributed by atoms with E-state index < -0.39 is 10.0 Å². The number of nitrogens with one attached hydrogen (secondary N) is 1. The molecule has 1 aliphatic rings. The zero-order chi connectivity index (χ0) is 22.8. The summed E-state index contributed by atoms with van der Waals surface area (Å²) in [7, 11) is -3.70. The Morgan fingerprint density at radius 1 is 1.06 bits per heavy atom. The Hall–Kier alpha value is -2.59. The van der Waals surface area contributed by atoms with Crippen molar-refractivity contribution in [3.05, 3.63) is 81.5 Å². The number of piperidine rings is 1. The zero-order valence-corrected chi connectivity index (χ0v) is 20.3. The van der Waals surface area contributed by atoms with Gasteiger partial charge in [0.25, 0.3) is 5.91 Å². The molecule has 1 saturated heterocycles. The molecule has 0 saturated carbocycles. The lowest BCUT2D eigenvalue weighted by atomic mass is 9.97. The average molecular weight is 498 g/mol. The van der Waals surface area contributed by atoms with Gasteiger partial charge in [-0.25, -0.2) is 18.1 Å². The summed E-state index contributed by atoms with van der Waals surface area (Å²) < 4.78 is 29.2. The molecule has 0 unspecified atom stereocenters. The topological polar surface area (TPSA) is 79.4 Å². The van der Waals surface area contributed by atoms with E-state index in [4.69, 9.17) is 4.98 Å². The fourth-order valence-electron chi connectivity index (χ4n) is 4.04. The summed E-state index contributed by atoms with van der Waals surface area (Å²) in [6.07, 6.45) is 1.71. The molecule has 1 N–H and O–H groups in total. The van der Waals surface area contributed by atoms with Gasteiger partial charge in [-0.05, 0) is 54.6 Å². The second-order valence-corrected chi connectivity index (χ2v) is 11.9. The first-order chi connectivity index (χ1) is 16.0. The smallest absolute Gasteiger partial charge is 0.253 e. The Labute approximate surface area is 201 Å². The molecular weight excluding hydrogens is 474 g/mol. The van der Waals surface area contributed by atoms with Crippen LogP contribution in [0.4, 0.5) is 0 Å². The van der Waals surface area contributed by atoms with E-state index in [9.17, 15) is 13.2 Å². The van der Waals surface area contributed by atoms with Gasteiger partial charge in [0, 0.05) is 36.0 Å². The first-order valence-electron chi connectivity index (χ1n) is 10.8. The van der Waals surface area contributed by atoms with Crippen molar-refractivity contribution in [1.82, 2.24) is 14.6 Å². The summed E-state index contributed by atoms with van der Waals surface area (Å²) in [6, 6.07) is 18.2. The van der Waals surface area contributed by atoms with Crippen LogP contribution in [0.5, 0.6) is 0 Å². The number of carbonyl (C=O) groups is 1. The maximum Gasteiger partial charge on any atom is 0.253 e. The Kier molecular flexibility index (Phi) is 6.29. The Bertz CT molecular complexity index is 1340. The molecule has 3 heterocycles. The van der Waals surface area contributed by atoms with Crippen LogP contribution in [-0.4, -0.2) is 37.3 Å². The fourth-order valence-corrected chi connectivity index (χ4v) is 6.96. The number of benzene rings is 2. The van der Waals surface area contributed by atoms with Crippen LogP contribution < -0.4 is 4.72 Å². The molecule has 33 heavy (non-hydrogen) atoms. The summed E-state index contributed by atoms with van der Waals surface area (Å²) in [4.78, 5) is 20.7. The van der Waals surface area contributed by atoms with E-state index in [1.807, 2.05) is 40.6 Å². The molecule has 4 aromatic rings. The molecule has 9 heteroatoms. The lowest BCUT2D eigenvalue weighted by Gasteiger charge is -2.31. The minimum Gasteiger partial charge on any atom is -0.339 e. The highest BCUT2D eigenvalue weighted by Crippen LogP contribution is 2.34. The molecule has 170 valence electrons. The quantitative estimate of drug-likeness (QED) is 0.413. The largest absolute Gasteiger partial charge is 0.339 e. The predicted octanol–water partition coefficient (Wildman–Crippen LogP) is 4.86. The van der Waals surface area contributed by atoms with Crippen molar-refractivity contribution in [2.24, 2.45) is 0 Å². The maximum absolute atomic E-state index is 13.1. The third-order valence-corrected chi connectivity index (χ3v) is 9.32. The number of fused-ring (bicyclic) bond motifs is 1. The standard InChI is InChI=1S/C24H23N3O3S3/c28-24(18-5-3-7-20(15-18)33(29,30)25-16-19-6-4-14-31-19)27-12-10-17(11-13-27)23-26-21-8-1-2-9-22(21)32-23/h1-9,14-15,17,25H,10-13,16H2. The van der Waals surface area contributed by atoms with E-state index in [-0.39, 0.29) is 17.3 Å². The number of sulfonamides is 1. The third kappa shape index (κ3) is 4.86.